The molecule has 2 unspecified atom stereocenters. The summed E-state index contributed by atoms with van der Waals surface area (Å²) < 4.78 is 23.6. The van der Waals surface area contributed by atoms with Crippen molar-refractivity contribution >= 4 is 45.1 Å². The Hall–Kier alpha value is -5.77. The Labute approximate surface area is 407 Å². The number of hydrogen-bond donors (Lipinski definition) is 3. The number of fused-ring (bicyclic) bond motifs is 3. The molecule has 3 amide bonds. The van der Waals surface area contributed by atoms with Gasteiger partial charge in [-0.15, -0.1) is 0 Å². The quantitative estimate of drug-likeness (QED) is 0.109. The standard InChI is InChI=1S/C55H63FN8O6/c1-3-34-6-4-7-35-21-39(65)22-41(45(34)35)48-46(56)49-42(24-57-48)47(36-8-5-13-53(2,69)23-36)59-52(60-49)70-32-55(14-15-55)31-61-25-33(26-61)27-62-29-54(30-62)16-18-63(19-17-54)38-9-10-40-37(20-38)28-64(51(40)68)43-11-12-44(66)58-50(43)67/h4,6-7,9-10,20-22,24,33,36,43,65,69H,3,5,8,11-19,23,25-32H2,1-2H3,(H,58,66,67)/t36?,43?,53-/m1/s1. The van der Waals surface area contributed by atoms with Gasteiger partial charge in [0.2, 0.25) is 11.8 Å². The van der Waals surface area contributed by atoms with E-state index in [1.807, 2.05) is 37.3 Å². The number of hydrogen-bond acceptors (Lipinski definition) is 12. The topological polar surface area (TPSA) is 165 Å². The minimum absolute atomic E-state index is 0.00697. The summed E-state index contributed by atoms with van der Waals surface area (Å²) in [5.41, 5.74) is 4.75. The maximum atomic E-state index is 17.1. The number of nitrogens with one attached hydrogen (secondary N) is 1. The average molecular weight is 951 g/mol. The van der Waals surface area contributed by atoms with Gasteiger partial charge in [-0.1, -0.05) is 25.1 Å². The van der Waals surface area contributed by atoms with Gasteiger partial charge in [-0.3, -0.25) is 24.7 Å². The molecule has 5 aromatic rings. The van der Waals surface area contributed by atoms with Crippen LogP contribution >= 0.6 is 0 Å². The Kier molecular flexibility index (Phi) is 11.2. The minimum atomic E-state index is -0.851. The summed E-state index contributed by atoms with van der Waals surface area (Å²) in [5.74, 6) is -0.789. The number of piperidine rings is 2. The zero-order valence-electron chi connectivity index (χ0n) is 40.3. The van der Waals surface area contributed by atoms with Crippen molar-refractivity contribution in [2.24, 2.45) is 16.7 Å². The Bertz CT molecular complexity index is 2940. The Morgan fingerprint density at radius 2 is 1.76 bits per heavy atom. The van der Waals surface area contributed by atoms with Crippen LogP contribution < -0.4 is 15.0 Å². The molecule has 2 aliphatic carbocycles. The number of anilines is 1. The smallest absolute Gasteiger partial charge is 0.317 e. The highest BCUT2D eigenvalue weighted by Gasteiger charge is 2.49. The highest BCUT2D eigenvalue weighted by molar-refractivity contribution is 6.05. The van der Waals surface area contributed by atoms with E-state index in [1.165, 1.54) is 0 Å². The second-order valence-corrected chi connectivity index (χ2v) is 22.5. The summed E-state index contributed by atoms with van der Waals surface area (Å²) in [7, 11) is 0. The molecule has 7 heterocycles. The number of nitrogens with zero attached hydrogens (tertiary/aromatic N) is 7. The molecular formula is C55H63FN8O6. The summed E-state index contributed by atoms with van der Waals surface area (Å²) >= 11 is 0. The van der Waals surface area contributed by atoms with E-state index in [9.17, 15) is 24.6 Å². The molecule has 3 N–H and O–H groups in total. The van der Waals surface area contributed by atoms with Gasteiger partial charge in [0.05, 0.1) is 17.9 Å². The number of carbonyl (C=O) groups is 3. The van der Waals surface area contributed by atoms with Crippen molar-refractivity contribution in [3.63, 3.8) is 0 Å². The molecule has 12 rings (SSSR count). The number of halogens is 1. The number of ether oxygens (including phenoxy) is 1. The molecule has 4 saturated heterocycles. The number of phenols is 1. The zero-order valence-corrected chi connectivity index (χ0v) is 40.3. The maximum Gasteiger partial charge on any atom is 0.317 e. The van der Waals surface area contributed by atoms with Crippen LogP contribution in [0.15, 0.2) is 54.7 Å². The summed E-state index contributed by atoms with van der Waals surface area (Å²) in [5, 5.41) is 26.5. The van der Waals surface area contributed by atoms with E-state index in [-0.39, 0.29) is 58.4 Å². The molecule has 0 bridgehead atoms. The predicted molar refractivity (Wildman–Crippen MR) is 263 cm³/mol. The van der Waals surface area contributed by atoms with E-state index in [0.29, 0.717) is 66.0 Å². The zero-order chi connectivity index (χ0) is 48.1. The third-order valence-electron chi connectivity index (χ3n) is 17.1. The van der Waals surface area contributed by atoms with Gasteiger partial charge in [0.25, 0.3) is 5.91 Å². The summed E-state index contributed by atoms with van der Waals surface area (Å²) in [6, 6.07) is 14.8. The van der Waals surface area contributed by atoms with Gasteiger partial charge in [0, 0.05) is 105 Å². The maximum absolute atomic E-state index is 17.1. The fourth-order valence-electron chi connectivity index (χ4n) is 13.1. The molecule has 70 heavy (non-hydrogen) atoms. The summed E-state index contributed by atoms with van der Waals surface area (Å²) in [4.78, 5) is 61.2. The number of carbonyl (C=O) groups excluding carboxylic acids is 3. The van der Waals surface area contributed by atoms with Crippen molar-refractivity contribution in [1.82, 2.24) is 35.0 Å². The molecule has 6 fully saturated rings. The highest BCUT2D eigenvalue weighted by atomic mass is 19.1. The molecule has 1 spiro atoms. The van der Waals surface area contributed by atoms with Gasteiger partial charge in [0.15, 0.2) is 5.82 Å². The van der Waals surface area contributed by atoms with Crippen LogP contribution in [-0.2, 0) is 22.6 Å². The largest absolute Gasteiger partial charge is 0.508 e. The van der Waals surface area contributed by atoms with Gasteiger partial charge < -0.3 is 34.5 Å². The molecule has 7 aliphatic rings. The van der Waals surface area contributed by atoms with Crippen molar-refractivity contribution in [2.45, 2.75) is 109 Å². The fraction of sp³-hybridized carbons (Fsp3) is 0.527. The predicted octanol–water partition coefficient (Wildman–Crippen LogP) is 7.11. The Morgan fingerprint density at radius 3 is 2.51 bits per heavy atom. The van der Waals surface area contributed by atoms with Crippen LogP contribution in [-0.4, -0.2) is 128 Å². The van der Waals surface area contributed by atoms with Gasteiger partial charge in [-0.2, -0.15) is 9.97 Å². The van der Waals surface area contributed by atoms with E-state index in [0.717, 1.165) is 125 Å². The van der Waals surface area contributed by atoms with E-state index in [2.05, 4.69) is 33.0 Å². The van der Waals surface area contributed by atoms with E-state index < -0.39 is 17.5 Å². The van der Waals surface area contributed by atoms with Crippen LogP contribution in [0.25, 0.3) is 32.9 Å². The number of imide groups is 1. The Balaban J connectivity index is 0.660. The lowest BCUT2D eigenvalue weighted by atomic mass is 9.71. The van der Waals surface area contributed by atoms with E-state index >= 15 is 4.39 Å². The Morgan fingerprint density at radius 1 is 0.943 bits per heavy atom. The number of aryl methyl sites for hydroxylation is 1. The third kappa shape index (κ3) is 8.34. The highest BCUT2D eigenvalue weighted by Crippen LogP contribution is 2.49. The second kappa shape index (κ2) is 17.2. The molecule has 2 saturated carbocycles. The van der Waals surface area contributed by atoms with E-state index in [1.54, 1.807) is 23.2 Å². The molecule has 3 aromatic carbocycles. The van der Waals surface area contributed by atoms with Crippen LogP contribution in [0.3, 0.4) is 0 Å². The number of aromatic nitrogens is 3. The molecule has 0 radical (unpaired) electrons. The monoisotopic (exact) mass is 950 g/mol. The SMILES string of the molecule is CCc1cccc2cc(O)cc(-c3ncc4c(C5CCC[C@@](C)(O)C5)nc(OCC5(CN6CC(CN7CC8(CCN(c9ccc%10c(c9)CN(C9CCC(=O)NC9=O)C%10=O)CC8)C7)C6)CC5)nc4c3F)c12. The number of likely N-dealkylation sites (tertiary alicyclic amines) is 2. The molecule has 3 atom stereocenters. The first-order valence-electron chi connectivity index (χ1n) is 25.7. The van der Waals surface area contributed by atoms with Crippen LogP contribution in [0.1, 0.15) is 111 Å². The number of aliphatic hydroxyl groups is 1. The van der Waals surface area contributed by atoms with E-state index in [4.69, 9.17) is 19.7 Å². The first kappa shape index (κ1) is 45.4. The number of amides is 3. The van der Waals surface area contributed by atoms with Gasteiger partial charge in [-0.05, 0) is 135 Å². The minimum Gasteiger partial charge on any atom is -0.508 e. The fourth-order valence-corrected chi connectivity index (χ4v) is 13.1. The van der Waals surface area contributed by atoms with Gasteiger partial charge in [-0.25, -0.2) is 4.39 Å². The molecule has 14 nitrogen and oxygen atoms in total. The van der Waals surface area contributed by atoms with Crippen molar-refractivity contribution < 1.29 is 33.7 Å². The van der Waals surface area contributed by atoms with Crippen molar-refractivity contribution in [3.8, 4) is 23.0 Å². The van der Waals surface area contributed by atoms with Crippen LogP contribution in [0.2, 0.25) is 0 Å². The lowest BCUT2D eigenvalue weighted by molar-refractivity contribution is -0.136. The molecule has 15 heteroatoms. The molecular weight excluding hydrogens is 888 g/mol. The normalized spacial score (nSPS) is 25.6. The third-order valence-corrected chi connectivity index (χ3v) is 17.1. The molecule has 2 aromatic heterocycles. The number of aromatic hydroxyl groups is 1. The van der Waals surface area contributed by atoms with Crippen molar-refractivity contribution in [1.29, 1.82) is 0 Å². The van der Waals surface area contributed by atoms with Gasteiger partial charge >= 0.3 is 6.01 Å². The van der Waals surface area contributed by atoms with Crippen LogP contribution in [0, 0.1) is 22.6 Å². The first-order valence-corrected chi connectivity index (χ1v) is 25.7. The average Bonchev–Trinajstić information content (AvgIpc) is 4.02. The lowest BCUT2D eigenvalue weighted by Crippen LogP contribution is -2.63. The summed E-state index contributed by atoms with van der Waals surface area (Å²) in [6.07, 6.45) is 10.3. The molecule has 366 valence electrons. The first-order chi connectivity index (χ1) is 33.7. The number of benzene rings is 3. The van der Waals surface area contributed by atoms with Gasteiger partial charge in [0.1, 0.15) is 23.0 Å². The number of rotatable bonds is 12. The number of phenolic OH excluding ortho intramolecular Hbond substituents is 1. The molecule has 5 aliphatic heterocycles. The number of pyridine rings is 1. The van der Waals surface area contributed by atoms with Crippen molar-refractivity contribution in [2.75, 3.05) is 63.9 Å². The summed E-state index contributed by atoms with van der Waals surface area (Å²) in [6.45, 7) is 13.2. The van der Waals surface area contributed by atoms with Crippen LogP contribution in [0.4, 0.5) is 10.1 Å². The van der Waals surface area contributed by atoms with Crippen molar-refractivity contribution in [3.05, 3.63) is 82.9 Å². The second-order valence-electron chi connectivity index (χ2n) is 22.5. The van der Waals surface area contributed by atoms with Crippen LogP contribution in [0.5, 0.6) is 11.8 Å². The lowest BCUT2D eigenvalue weighted by Gasteiger charge is -2.56.